The van der Waals surface area contributed by atoms with E-state index in [4.69, 9.17) is 4.74 Å². The van der Waals surface area contributed by atoms with Crippen LogP contribution in [0.1, 0.15) is 44.0 Å². The van der Waals surface area contributed by atoms with E-state index < -0.39 is 11.7 Å². The van der Waals surface area contributed by atoms with Gasteiger partial charge in [-0.1, -0.05) is 44.2 Å². The smallest absolute Gasteiger partial charge is 0.194 e. The van der Waals surface area contributed by atoms with Gasteiger partial charge in [-0.05, 0) is 25.7 Å². The van der Waals surface area contributed by atoms with E-state index in [2.05, 4.69) is 0 Å². The Balaban J connectivity index is 2.11. The molecule has 1 fully saturated rings. The van der Waals surface area contributed by atoms with E-state index in [0.717, 1.165) is 6.42 Å². The molecule has 0 unspecified atom stereocenters. The molecule has 0 radical (unpaired) electrons. The zero-order valence-corrected chi connectivity index (χ0v) is 11.8. The molecular formula is C16H22O3. The third-order valence-corrected chi connectivity index (χ3v) is 3.90. The van der Waals surface area contributed by atoms with Crippen molar-refractivity contribution >= 4 is 5.78 Å². The van der Waals surface area contributed by atoms with Gasteiger partial charge in [-0.2, -0.15) is 0 Å². The summed E-state index contributed by atoms with van der Waals surface area (Å²) in [5, 5.41) is 10.1. The molecule has 1 N–H and O–H groups in total. The van der Waals surface area contributed by atoms with Crippen molar-refractivity contribution in [3.63, 3.8) is 0 Å². The largest absolute Gasteiger partial charge is 0.390 e. The summed E-state index contributed by atoms with van der Waals surface area (Å²) in [5.74, 6) is 0.144. The molecule has 19 heavy (non-hydrogen) atoms. The Kier molecular flexibility index (Phi) is 4.07. The highest BCUT2D eigenvalue weighted by atomic mass is 16.5. The van der Waals surface area contributed by atoms with Gasteiger partial charge in [0.15, 0.2) is 5.78 Å². The molecule has 3 heteroatoms. The Morgan fingerprint density at radius 1 is 1.37 bits per heavy atom. The maximum atomic E-state index is 12.5. The Labute approximate surface area is 114 Å². The lowest BCUT2D eigenvalue weighted by Crippen LogP contribution is -2.39. The van der Waals surface area contributed by atoms with E-state index in [1.165, 1.54) is 0 Å². The van der Waals surface area contributed by atoms with E-state index in [9.17, 15) is 9.90 Å². The highest BCUT2D eigenvalue weighted by molar-refractivity contribution is 6.02. The maximum absolute atomic E-state index is 12.5. The molecule has 1 aromatic rings. The average Bonchev–Trinajstić information content (AvgIpc) is 2.81. The molecule has 0 spiro atoms. The quantitative estimate of drug-likeness (QED) is 0.849. The molecule has 0 aliphatic carbocycles. The van der Waals surface area contributed by atoms with Crippen molar-refractivity contribution in [1.82, 2.24) is 0 Å². The fourth-order valence-corrected chi connectivity index (χ4v) is 2.60. The van der Waals surface area contributed by atoms with Gasteiger partial charge in [0, 0.05) is 5.56 Å². The van der Waals surface area contributed by atoms with Crippen molar-refractivity contribution < 1.29 is 14.6 Å². The summed E-state index contributed by atoms with van der Waals surface area (Å²) in [6, 6.07) is 9.21. The molecule has 2 rings (SSSR count). The van der Waals surface area contributed by atoms with Crippen LogP contribution < -0.4 is 0 Å². The number of hydrogen-bond acceptors (Lipinski definition) is 3. The monoisotopic (exact) mass is 262 g/mol. The standard InChI is InChI=1S/C16H22O3/c1-11(2)14(17)13-9-10-16(3,19-13)15(18)12-7-5-4-6-8-12/h4-8,11,13-14,17H,9-10H2,1-3H3/t13-,14+,16-/m1/s1. The van der Waals surface area contributed by atoms with E-state index in [1.807, 2.05) is 51.1 Å². The molecule has 3 atom stereocenters. The van der Waals surface area contributed by atoms with Crippen molar-refractivity contribution in [1.29, 1.82) is 0 Å². The number of hydrogen-bond donors (Lipinski definition) is 1. The van der Waals surface area contributed by atoms with E-state index >= 15 is 0 Å². The van der Waals surface area contributed by atoms with Crippen LogP contribution >= 0.6 is 0 Å². The number of ketones is 1. The molecule has 0 bridgehead atoms. The van der Waals surface area contributed by atoms with Crippen LogP contribution in [0.4, 0.5) is 0 Å². The molecule has 0 amide bonds. The molecule has 1 saturated heterocycles. The first kappa shape index (κ1) is 14.2. The third kappa shape index (κ3) is 2.88. The minimum atomic E-state index is -0.804. The second-order valence-corrected chi connectivity index (χ2v) is 5.86. The van der Waals surface area contributed by atoms with E-state index in [1.54, 1.807) is 0 Å². The first-order valence-electron chi connectivity index (χ1n) is 6.90. The fraction of sp³-hybridized carbons (Fsp3) is 0.562. The minimum absolute atomic E-state index is 0.00607. The second kappa shape index (κ2) is 5.43. The van der Waals surface area contributed by atoms with Gasteiger partial charge in [-0.25, -0.2) is 0 Å². The summed E-state index contributed by atoms with van der Waals surface area (Å²) < 4.78 is 5.89. The maximum Gasteiger partial charge on any atom is 0.194 e. The molecule has 3 nitrogen and oxygen atoms in total. The number of benzene rings is 1. The van der Waals surface area contributed by atoms with Crippen molar-refractivity contribution in [3.8, 4) is 0 Å². The number of ether oxygens (including phenoxy) is 1. The van der Waals surface area contributed by atoms with Gasteiger partial charge in [0.05, 0.1) is 12.2 Å². The van der Waals surface area contributed by atoms with Gasteiger partial charge in [0.1, 0.15) is 5.60 Å². The summed E-state index contributed by atoms with van der Waals surface area (Å²) in [5.41, 5.74) is -0.133. The van der Waals surface area contributed by atoms with Crippen LogP contribution in [-0.4, -0.2) is 28.7 Å². The van der Waals surface area contributed by atoms with Gasteiger partial charge in [0.2, 0.25) is 0 Å². The van der Waals surface area contributed by atoms with Crippen LogP contribution in [0.15, 0.2) is 30.3 Å². The number of aliphatic hydroxyl groups is 1. The average molecular weight is 262 g/mol. The number of Topliss-reactive ketones (excluding diaryl/α,β-unsaturated/α-hetero) is 1. The lowest BCUT2D eigenvalue weighted by molar-refractivity contribution is -0.0761. The molecule has 1 aromatic carbocycles. The zero-order valence-electron chi connectivity index (χ0n) is 11.8. The minimum Gasteiger partial charge on any atom is -0.390 e. The van der Waals surface area contributed by atoms with Crippen LogP contribution in [0, 0.1) is 5.92 Å². The van der Waals surface area contributed by atoms with Crippen molar-refractivity contribution in [2.45, 2.75) is 51.4 Å². The topological polar surface area (TPSA) is 46.5 Å². The van der Waals surface area contributed by atoms with Gasteiger partial charge in [-0.3, -0.25) is 4.79 Å². The predicted molar refractivity (Wildman–Crippen MR) is 74.1 cm³/mol. The highest BCUT2D eigenvalue weighted by Gasteiger charge is 2.45. The fourth-order valence-electron chi connectivity index (χ4n) is 2.60. The first-order chi connectivity index (χ1) is 8.94. The molecule has 0 saturated carbocycles. The van der Waals surface area contributed by atoms with Gasteiger partial charge in [0.25, 0.3) is 0 Å². The predicted octanol–water partition coefficient (Wildman–Crippen LogP) is 2.82. The zero-order chi connectivity index (χ0) is 14.0. The second-order valence-electron chi connectivity index (χ2n) is 5.86. The normalized spacial score (nSPS) is 28.6. The third-order valence-electron chi connectivity index (χ3n) is 3.90. The SMILES string of the molecule is CC(C)[C@H](O)[C@H]1CC[C@](C)(C(=O)c2ccccc2)O1. The molecule has 1 heterocycles. The lowest BCUT2D eigenvalue weighted by Gasteiger charge is -2.27. The highest BCUT2D eigenvalue weighted by Crippen LogP contribution is 2.35. The number of aliphatic hydroxyl groups excluding tert-OH is 1. The van der Waals surface area contributed by atoms with Crippen LogP contribution in [0.25, 0.3) is 0 Å². The van der Waals surface area contributed by atoms with Gasteiger partial charge >= 0.3 is 0 Å². The number of carbonyl (C=O) groups excluding carboxylic acids is 1. The van der Waals surface area contributed by atoms with Crippen LogP contribution in [0.3, 0.4) is 0 Å². The molecule has 104 valence electrons. The van der Waals surface area contributed by atoms with E-state index in [-0.39, 0.29) is 17.8 Å². The Bertz CT molecular complexity index is 441. The molecular weight excluding hydrogens is 240 g/mol. The number of carbonyl (C=O) groups is 1. The Morgan fingerprint density at radius 3 is 2.58 bits per heavy atom. The summed E-state index contributed by atoms with van der Waals surface area (Å²) in [6.07, 6.45) is 0.645. The molecule has 0 aromatic heterocycles. The van der Waals surface area contributed by atoms with Gasteiger partial charge in [-0.15, -0.1) is 0 Å². The van der Waals surface area contributed by atoms with Crippen LogP contribution in [0.5, 0.6) is 0 Å². The molecule has 1 aliphatic rings. The van der Waals surface area contributed by atoms with E-state index in [0.29, 0.717) is 12.0 Å². The summed E-state index contributed by atoms with van der Waals surface area (Å²) >= 11 is 0. The summed E-state index contributed by atoms with van der Waals surface area (Å²) in [6.45, 7) is 5.75. The van der Waals surface area contributed by atoms with Crippen molar-refractivity contribution in [2.75, 3.05) is 0 Å². The summed E-state index contributed by atoms with van der Waals surface area (Å²) in [4.78, 5) is 12.5. The van der Waals surface area contributed by atoms with Crippen LogP contribution in [0.2, 0.25) is 0 Å². The Hall–Kier alpha value is -1.19. The van der Waals surface area contributed by atoms with Gasteiger partial charge < -0.3 is 9.84 Å². The molecule has 1 aliphatic heterocycles. The van der Waals surface area contributed by atoms with Crippen LogP contribution in [-0.2, 0) is 4.74 Å². The van der Waals surface area contributed by atoms with Crippen molar-refractivity contribution in [3.05, 3.63) is 35.9 Å². The van der Waals surface area contributed by atoms with Crippen molar-refractivity contribution in [2.24, 2.45) is 5.92 Å². The number of rotatable bonds is 4. The lowest BCUT2D eigenvalue weighted by atomic mass is 9.91. The Morgan fingerprint density at radius 2 is 2.00 bits per heavy atom. The summed E-state index contributed by atoms with van der Waals surface area (Å²) in [7, 11) is 0. The first-order valence-corrected chi connectivity index (χ1v) is 6.90.